The molecule has 0 aliphatic carbocycles. The van der Waals surface area contributed by atoms with E-state index >= 15 is 0 Å². The van der Waals surface area contributed by atoms with Crippen LogP contribution in [0.2, 0.25) is 0 Å². The van der Waals surface area contributed by atoms with Crippen LogP contribution in [0.25, 0.3) is 0 Å². The van der Waals surface area contributed by atoms with Crippen molar-refractivity contribution in [2.75, 3.05) is 0 Å². The lowest BCUT2D eigenvalue weighted by molar-refractivity contribution is -0.133. The summed E-state index contributed by atoms with van der Waals surface area (Å²) in [6.07, 6.45) is 3.82. The number of rotatable bonds is 6. The Morgan fingerprint density at radius 1 is 1.11 bits per heavy atom. The average Bonchev–Trinajstić information content (AvgIpc) is 3.42. The van der Waals surface area contributed by atoms with Crippen molar-refractivity contribution in [3.05, 3.63) is 95.1 Å². The van der Waals surface area contributed by atoms with Gasteiger partial charge >= 0.3 is 0 Å². The number of hydrogen-bond donors (Lipinski definition) is 2. The first-order valence-corrected chi connectivity index (χ1v) is 12.2. The van der Waals surface area contributed by atoms with Crippen molar-refractivity contribution in [2.45, 2.75) is 51.9 Å². The van der Waals surface area contributed by atoms with Gasteiger partial charge in [-0.25, -0.2) is 9.97 Å². The number of carbonyl (C=O) groups excluding carboxylic acids is 2. The van der Waals surface area contributed by atoms with Crippen molar-refractivity contribution in [3.63, 3.8) is 0 Å². The van der Waals surface area contributed by atoms with Crippen LogP contribution in [0, 0.1) is 11.3 Å². The third-order valence-electron chi connectivity index (χ3n) is 7.01. The van der Waals surface area contributed by atoms with E-state index in [0.717, 1.165) is 22.4 Å². The molecule has 36 heavy (non-hydrogen) atoms. The number of nitrogens with zero attached hydrogens (tertiary/aromatic N) is 4. The Bertz CT molecular complexity index is 1300. The number of carbonyl (C=O) groups is 2. The van der Waals surface area contributed by atoms with E-state index in [9.17, 15) is 9.59 Å². The first-order valence-electron chi connectivity index (χ1n) is 12.2. The monoisotopic (exact) mass is 482 g/mol. The van der Waals surface area contributed by atoms with Crippen LogP contribution in [0.5, 0.6) is 0 Å². The van der Waals surface area contributed by atoms with Crippen LogP contribution >= 0.6 is 0 Å². The first-order chi connectivity index (χ1) is 17.3. The summed E-state index contributed by atoms with van der Waals surface area (Å²) < 4.78 is 0. The number of fused-ring (bicyclic) bond motifs is 1. The van der Waals surface area contributed by atoms with Crippen LogP contribution in [0.4, 0.5) is 0 Å². The number of nitrogens with one attached hydrogen (secondary N) is 2. The van der Waals surface area contributed by atoms with Crippen LogP contribution in [-0.2, 0) is 23.4 Å². The number of amides is 2. The summed E-state index contributed by atoms with van der Waals surface area (Å²) in [7, 11) is 0. The van der Waals surface area contributed by atoms with Gasteiger partial charge in [0.2, 0.25) is 0 Å². The van der Waals surface area contributed by atoms with Crippen molar-refractivity contribution < 1.29 is 9.59 Å². The van der Waals surface area contributed by atoms with E-state index in [2.05, 4.69) is 29.1 Å². The molecule has 3 heterocycles. The third-order valence-corrected chi connectivity index (χ3v) is 7.01. The molecule has 5 rings (SSSR count). The number of benzene rings is 2. The van der Waals surface area contributed by atoms with Crippen molar-refractivity contribution in [1.29, 1.82) is 5.41 Å². The zero-order valence-corrected chi connectivity index (χ0v) is 20.7. The Labute approximate surface area is 210 Å². The van der Waals surface area contributed by atoms with Crippen molar-refractivity contribution in [2.24, 2.45) is 5.92 Å². The predicted octanol–water partition coefficient (Wildman–Crippen LogP) is 4.00. The highest BCUT2D eigenvalue weighted by molar-refractivity contribution is 6.08. The average molecular weight is 483 g/mol. The molecule has 1 fully saturated rings. The summed E-state index contributed by atoms with van der Waals surface area (Å²) in [6, 6.07) is 16.5. The molecule has 2 N–H and O–H groups in total. The zero-order valence-electron chi connectivity index (χ0n) is 20.7. The van der Waals surface area contributed by atoms with E-state index in [-0.39, 0.29) is 23.7 Å². The van der Waals surface area contributed by atoms with Gasteiger partial charge in [0.25, 0.3) is 11.8 Å². The summed E-state index contributed by atoms with van der Waals surface area (Å²) in [6.45, 7) is 6.97. The Morgan fingerprint density at radius 2 is 1.89 bits per heavy atom. The minimum absolute atomic E-state index is 0.0716. The van der Waals surface area contributed by atoms with Gasteiger partial charge in [-0.3, -0.25) is 19.9 Å². The molecule has 1 saturated heterocycles. The second-order valence-electron chi connectivity index (χ2n) is 9.98. The third kappa shape index (κ3) is 4.02. The summed E-state index contributed by atoms with van der Waals surface area (Å²) in [5, 5.41) is 11.9. The van der Waals surface area contributed by atoms with Gasteiger partial charge in [0.05, 0.1) is 18.3 Å². The fourth-order valence-corrected chi connectivity index (χ4v) is 5.29. The number of aromatic nitrogens is 2. The molecule has 1 aromatic heterocycles. The topological polar surface area (TPSA) is 102 Å². The predicted molar refractivity (Wildman–Crippen MR) is 136 cm³/mol. The molecule has 0 bridgehead atoms. The Kier molecular flexibility index (Phi) is 6.04. The molecule has 0 radical (unpaired) electrons. The lowest BCUT2D eigenvalue weighted by atomic mass is 9.82. The van der Waals surface area contributed by atoms with Crippen molar-refractivity contribution in [3.8, 4) is 0 Å². The quantitative estimate of drug-likeness (QED) is 0.553. The molecule has 0 saturated carbocycles. The van der Waals surface area contributed by atoms with Crippen molar-refractivity contribution >= 4 is 17.8 Å². The number of guanidine groups is 1. The van der Waals surface area contributed by atoms with Crippen LogP contribution in [0.15, 0.2) is 67.1 Å². The maximum Gasteiger partial charge on any atom is 0.260 e. The smallest absolute Gasteiger partial charge is 0.260 e. The fourth-order valence-electron chi connectivity index (χ4n) is 5.29. The van der Waals surface area contributed by atoms with Gasteiger partial charge in [0.1, 0.15) is 11.9 Å². The summed E-state index contributed by atoms with van der Waals surface area (Å²) in [5.41, 5.74) is 3.03. The SMILES string of the molecule is CC(C)CC1(c2ccccc2)NC(=N)N(C(C)c2cccc(C(=O)N3Cc4cncnc4C3)c2)C1=O. The Morgan fingerprint density at radius 3 is 2.61 bits per heavy atom. The Hall–Kier alpha value is -4.07. The second kappa shape index (κ2) is 9.18. The van der Waals surface area contributed by atoms with Crippen LogP contribution < -0.4 is 5.32 Å². The van der Waals surface area contributed by atoms with E-state index in [1.54, 1.807) is 17.2 Å². The van der Waals surface area contributed by atoms with Gasteiger partial charge in [-0.05, 0) is 42.5 Å². The van der Waals surface area contributed by atoms with Crippen LogP contribution in [0.1, 0.15) is 66.0 Å². The zero-order chi connectivity index (χ0) is 25.4. The lowest BCUT2D eigenvalue weighted by Gasteiger charge is -2.30. The van der Waals surface area contributed by atoms with Gasteiger partial charge in [0.15, 0.2) is 5.96 Å². The summed E-state index contributed by atoms with van der Waals surface area (Å²) in [5.74, 6) is 0.0638. The van der Waals surface area contributed by atoms with E-state index in [1.165, 1.54) is 11.2 Å². The molecule has 8 heteroatoms. The van der Waals surface area contributed by atoms with Gasteiger partial charge in [0, 0.05) is 23.9 Å². The Balaban J connectivity index is 1.41. The normalized spacial score (nSPS) is 20.0. The van der Waals surface area contributed by atoms with Gasteiger partial charge < -0.3 is 10.2 Å². The highest BCUT2D eigenvalue weighted by atomic mass is 16.2. The van der Waals surface area contributed by atoms with Crippen LogP contribution in [-0.4, -0.2) is 37.5 Å². The molecule has 2 aliphatic rings. The van der Waals surface area contributed by atoms with Crippen molar-refractivity contribution in [1.82, 2.24) is 25.1 Å². The van der Waals surface area contributed by atoms with Gasteiger partial charge in [-0.2, -0.15) is 0 Å². The van der Waals surface area contributed by atoms with Gasteiger partial charge in [-0.1, -0.05) is 56.3 Å². The maximum atomic E-state index is 14.0. The molecule has 2 atom stereocenters. The minimum Gasteiger partial charge on any atom is -0.338 e. The van der Waals surface area contributed by atoms with E-state index < -0.39 is 11.6 Å². The molecule has 2 aromatic carbocycles. The van der Waals surface area contributed by atoms with E-state index in [0.29, 0.717) is 25.1 Å². The van der Waals surface area contributed by atoms with E-state index in [4.69, 9.17) is 5.41 Å². The molecule has 8 nitrogen and oxygen atoms in total. The fraction of sp³-hybridized carbons (Fsp3) is 0.321. The summed E-state index contributed by atoms with van der Waals surface area (Å²) >= 11 is 0. The van der Waals surface area contributed by atoms with Gasteiger partial charge in [-0.15, -0.1) is 0 Å². The first kappa shape index (κ1) is 23.7. The largest absolute Gasteiger partial charge is 0.338 e. The maximum absolute atomic E-state index is 14.0. The highest BCUT2D eigenvalue weighted by Crippen LogP contribution is 2.38. The molecule has 2 amide bonds. The highest BCUT2D eigenvalue weighted by Gasteiger charge is 2.52. The minimum atomic E-state index is -0.990. The molecule has 2 unspecified atom stereocenters. The lowest BCUT2D eigenvalue weighted by Crippen LogP contribution is -2.45. The standard InChI is InChI=1S/C28H30N6O2/c1-18(2)13-28(23-10-5-4-6-11-23)26(36)34(27(29)32-28)19(3)20-8-7-9-21(12-20)25(35)33-15-22-14-30-17-31-24(22)16-33/h4-12,14,17-19H,13,15-16H2,1-3H3,(H2,29,32). The molecular weight excluding hydrogens is 452 g/mol. The molecule has 2 aliphatic heterocycles. The molecular formula is C28H30N6O2. The van der Waals surface area contributed by atoms with Crippen LogP contribution in [0.3, 0.4) is 0 Å². The molecule has 3 aromatic rings. The second-order valence-corrected chi connectivity index (χ2v) is 9.98. The number of hydrogen-bond acceptors (Lipinski definition) is 5. The molecule has 184 valence electrons. The van der Waals surface area contributed by atoms with E-state index in [1.807, 2.05) is 55.5 Å². The molecule has 0 spiro atoms. The summed E-state index contributed by atoms with van der Waals surface area (Å²) in [4.78, 5) is 38.9.